The molecule has 1 fully saturated rings. The molecule has 3 heterocycles. The van der Waals surface area contributed by atoms with Gasteiger partial charge in [0, 0.05) is 43.4 Å². The lowest BCUT2D eigenvalue weighted by Crippen LogP contribution is -2.28. The number of benzene rings is 1. The number of rotatable bonds is 6. The SMILES string of the molecule is CCOCc1ccc(C(=O)N2CC[C@H](c3cc(=O)[nH]c(-c4ccccn4)n3)C2)cc1. The third-order valence-corrected chi connectivity index (χ3v) is 5.24. The fourth-order valence-electron chi connectivity index (χ4n) is 3.64. The van der Waals surface area contributed by atoms with Crippen molar-refractivity contribution in [3.05, 3.63) is 81.9 Å². The van der Waals surface area contributed by atoms with E-state index in [1.807, 2.05) is 54.3 Å². The topological polar surface area (TPSA) is 88.2 Å². The molecule has 0 saturated carbocycles. The number of carbonyl (C=O) groups is 1. The Hall–Kier alpha value is -3.32. The summed E-state index contributed by atoms with van der Waals surface area (Å²) in [6, 6.07) is 14.5. The Morgan fingerprint density at radius 1 is 1.23 bits per heavy atom. The molecule has 1 aromatic carbocycles. The number of aromatic amines is 1. The number of pyridine rings is 1. The summed E-state index contributed by atoms with van der Waals surface area (Å²) >= 11 is 0. The predicted octanol–water partition coefficient (Wildman–Crippen LogP) is 3.00. The number of likely N-dealkylation sites (tertiary alicyclic amines) is 1. The number of amides is 1. The van der Waals surface area contributed by atoms with Crippen LogP contribution in [0, 0.1) is 0 Å². The van der Waals surface area contributed by atoms with E-state index in [1.165, 1.54) is 6.07 Å². The Morgan fingerprint density at radius 3 is 2.80 bits per heavy atom. The number of nitrogens with one attached hydrogen (secondary N) is 1. The van der Waals surface area contributed by atoms with Gasteiger partial charge in [-0.3, -0.25) is 14.6 Å². The second-order valence-corrected chi connectivity index (χ2v) is 7.30. The molecule has 30 heavy (non-hydrogen) atoms. The van der Waals surface area contributed by atoms with Gasteiger partial charge in [-0.2, -0.15) is 0 Å². The van der Waals surface area contributed by atoms with Gasteiger partial charge in [0.25, 0.3) is 11.5 Å². The van der Waals surface area contributed by atoms with Gasteiger partial charge < -0.3 is 14.6 Å². The minimum absolute atomic E-state index is 0.00440. The van der Waals surface area contributed by atoms with Crippen LogP contribution in [0.5, 0.6) is 0 Å². The Morgan fingerprint density at radius 2 is 2.07 bits per heavy atom. The molecule has 2 aromatic heterocycles. The van der Waals surface area contributed by atoms with Gasteiger partial charge in [-0.1, -0.05) is 18.2 Å². The average molecular weight is 404 g/mol. The van der Waals surface area contributed by atoms with Gasteiger partial charge in [-0.05, 0) is 43.2 Å². The normalized spacial score (nSPS) is 16.0. The average Bonchev–Trinajstić information content (AvgIpc) is 3.28. The molecule has 1 atom stereocenters. The monoisotopic (exact) mass is 404 g/mol. The lowest BCUT2D eigenvalue weighted by atomic mass is 10.0. The molecule has 0 bridgehead atoms. The third kappa shape index (κ3) is 4.46. The molecule has 0 unspecified atom stereocenters. The van der Waals surface area contributed by atoms with E-state index < -0.39 is 0 Å². The van der Waals surface area contributed by atoms with Crippen molar-refractivity contribution < 1.29 is 9.53 Å². The zero-order valence-corrected chi connectivity index (χ0v) is 16.9. The molecule has 1 aliphatic heterocycles. The highest BCUT2D eigenvalue weighted by Crippen LogP contribution is 2.27. The van der Waals surface area contributed by atoms with Crippen LogP contribution in [0.2, 0.25) is 0 Å². The van der Waals surface area contributed by atoms with Gasteiger partial charge in [0.05, 0.1) is 12.3 Å². The summed E-state index contributed by atoms with van der Waals surface area (Å²) < 4.78 is 5.40. The van der Waals surface area contributed by atoms with Crippen LogP contribution in [0.25, 0.3) is 11.5 Å². The van der Waals surface area contributed by atoms with Crippen LogP contribution in [0.15, 0.2) is 59.5 Å². The van der Waals surface area contributed by atoms with Crippen molar-refractivity contribution in [3.63, 3.8) is 0 Å². The maximum atomic E-state index is 12.9. The van der Waals surface area contributed by atoms with Crippen LogP contribution in [-0.4, -0.2) is 45.5 Å². The van der Waals surface area contributed by atoms with Crippen molar-refractivity contribution in [1.29, 1.82) is 0 Å². The van der Waals surface area contributed by atoms with Crippen molar-refractivity contribution in [2.45, 2.75) is 25.9 Å². The second kappa shape index (κ2) is 9.00. The zero-order valence-electron chi connectivity index (χ0n) is 16.9. The molecule has 7 heteroatoms. The first-order chi connectivity index (χ1) is 14.6. The molecule has 1 saturated heterocycles. The van der Waals surface area contributed by atoms with Crippen molar-refractivity contribution in [2.24, 2.45) is 0 Å². The molecular formula is C23H24N4O3. The summed E-state index contributed by atoms with van der Waals surface area (Å²) in [7, 11) is 0. The third-order valence-electron chi connectivity index (χ3n) is 5.24. The molecule has 0 radical (unpaired) electrons. The summed E-state index contributed by atoms with van der Waals surface area (Å²) in [5, 5.41) is 0. The largest absolute Gasteiger partial charge is 0.377 e. The quantitative estimate of drug-likeness (QED) is 0.682. The van der Waals surface area contributed by atoms with Gasteiger partial charge >= 0.3 is 0 Å². The second-order valence-electron chi connectivity index (χ2n) is 7.30. The first-order valence-corrected chi connectivity index (χ1v) is 10.1. The number of aromatic nitrogens is 3. The summed E-state index contributed by atoms with van der Waals surface area (Å²) in [5.41, 5.74) is 2.80. The summed E-state index contributed by atoms with van der Waals surface area (Å²) in [6.45, 7) is 4.34. The highest BCUT2D eigenvalue weighted by atomic mass is 16.5. The maximum Gasteiger partial charge on any atom is 0.253 e. The molecule has 7 nitrogen and oxygen atoms in total. The fraction of sp³-hybridized carbons (Fsp3) is 0.304. The Balaban J connectivity index is 1.47. The number of carbonyl (C=O) groups excluding carboxylic acids is 1. The van der Waals surface area contributed by atoms with Crippen molar-refractivity contribution in [2.75, 3.05) is 19.7 Å². The first-order valence-electron chi connectivity index (χ1n) is 10.1. The van der Waals surface area contributed by atoms with Crippen LogP contribution in [-0.2, 0) is 11.3 Å². The number of ether oxygens (including phenoxy) is 1. The molecule has 4 rings (SSSR count). The van der Waals surface area contributed by atoms with Gasteiger partial charge in [0.15, 0.2) is 5.82 Å². The van der Waals surface area contributed by atoms with Crippen LogP contribution >= 0.6 is 0 Å². The summed E-state index contributed by atoms with van der Waals surface area (Å²) in [6.07, 6.45) is 2.43. The van der Waals surface area contributed by atoms with Crippen molar-refractivity contribution in [1.82, 2.24) is 19.9 Å². The van der Waals surface area contributed by atoms with E-state index in [2.05, 4.69) is 15.0 Å². The zero-order chi connectivity index (χ0) is 20.9. The number of nitrogens with zero attached hydrogens (tertiary/aromatic N) is 3. The Bertz CT molecular complexity index is 1060. The van der Waals surface area contributed by atoms with E-state index in [-0.39, 0.29) is 17.4 Å². The number of hydrogen-bond acceptors (Lipinski definition) is 5. The van der Waals surface area contributed by atoms with Crippen LogP contribution in [0.4, 0.5) is 0 Å². The van der Waals surface area contributed by atoms with Crippen LogP contribution in [0.3, 0.4) is 0 Å². The highest BCUT2D eigenvalue weighted by molar-refractivity contribution is 5.94. The fourth-order valence-corrected chi connectivity index (χ4v) is 3.64. The molecule has 1 N–H and O–H groups in total. The molecule has 0 aliphatic carbocycles. The van der Waals surface area contributed by atoms with Gasteiger partial charge in [-0.15, -0.1) is 0 Å². The number of H-pyrrole nitrogens is 1. The molecular weight excluding hydrogens is 380 g/mol. The van der Waals surface area contributed by atoms with E-state index in [0.29, 0.717) is 49.1 Å². The maximum absolute atomic E-state index is 12.9. The minimum Gasteiger partial charge on any atom is -0.377 e. The lowest BCUT2D eigenvalue weighted by Gasteiger charge is -2.17. The van der Waals surface area contributed by atoms with Crippen molar-refractivity contribution in [3.8, 4) is 11.5 Å². The van der Waals surface area contributed by atoms with E-state index in [1.54, 1.807) is 6.20 Å². The summed E-state index contributed by atoms with van der Waals surface area (Å²) in [4.78, 5) is 38.5. The molecule has 1 aliphatic rings. The van der Waals surface area contributed by atoms with Gasteiger partial charge in [0.1, 0.15) is 5.69 Å². The minimum atomic E-state index is -0.213. The molecule has 154 valence electrons. The Labute approximate surface area is 174 Å². The van der Waals surface area contributed by atoms with Crippen LogP contribution < -0.4 is 5.56 Å². The molecule has 1 amide bonds. The van der Waals surface area contributed by atoms with E-state index in [0.717, 1.165) is 12.0 Å². The smallest absolute Gasteiger partial charge is 0.253 e. The summed E-state index contributed by atoms with van der Waals surface area (Å²) in [5.74, 6) is 0.471. The number of hydrogen-bond donors (Lipinski definition) is 1. The predicted molar refractivity (Wildman–Crippen MR) is 113 cm³/mol. The van der Waals surface area contributed by atoms with Gasteiger partial charge in [-0.25, -0.2) is 4.98 Å². The lowest BCUT2D eigenvalue weighted by molar-refractivity contribution is 0.0790. The van der Waals surface area contributed by atoms with Crippen molar-refractivity contribution >= 4 is 5.91 Å². The standard InChI is InChI=1S/C23H24N4O3/c1-2-30-15-16-6-8-17(9-7-16)23(29)27-12-10-18(14-27)20-13-21(28)26-22(25-20)19-5-3-4-11-24-19/h3-9,11,13,18H,2,10,12,14-15H2,1H3,(H,25,26,28)/t18-/m0/s1. The molecule has 0 spiro atoms. The van der Waals surface area contributed by atoms with E-state index in [9.17, 15) is 9.59 Å². The Kier molecular flexibility index (Phi) is 5.99. The van der Waals surface area contributed by atoms with Gasteiger partial charge in [0.2, 0.25) is 0 Å². The molecule has 3 aromatic rings. The highest BCUT2D eigenvalue weighted by Gasteiger charge is 2.29. The van der Waals surface area contributed by atoms with Crippen LogP contribution in [0.1, 0.15) is 40.9 Å². The van der Waals surface area contributed by atoms with E-state index in [4.69, 9.17) is 4.74 Å². The first kappa shape index (κ1) is 20.0. The van der Waals surface area contributed by atoms with E-state index >= 15 is 0 Å².